The standard InChI is InChI=1S/C10H20O2Si/c1-5-6-9(7-10(11)12)8-13(2,3)4/h5-6,9H,7-8H2,1-4H3,(H,11,12)/b6-5+/t9-/m1/s1. The summed E-state index contributed by atoms with van der Waals surface area (Å²) in [6, 6.07) is 1.06. The fraction of sp³-hybridized carbons (Fsp3) is 0.700. The third-order valence-corrected chi connectivity index (χ3v) is 3.53. The van der Waals surface area contributed by atoms with Crippen LogP contribution in [0.1, 0.15) is 13.3 Å². The van der Waals surface area contributed by atoms with Crippen molar-refractivity contribution in [3.8, 4) is 0 Å². The molecule has 3 heteroatoms. The Bertz CT molecular complexity index is 192. The van der Waals surface area contributed by atoms with Crippen molar-refractivity contribution < 1.29 is 9.90 Å². The van der Waals surface area contributed by atoms with Gasteiger partial charge in [0.2, 0.25) is 0 Å². The molecule has 0 rings (SSSR count). The molecule has 0 aromatic heterocycles. The Hall–Kier alpha value is -0.573. The van der Waals surface area contributed by atoms with Crippen LogP contribution in [0, 0.1) is 5.92 Å². The molecule has 0 aliphatic rings. The molecule has 2 nitrogen and oxygen atoms in total. The smallest absolute Gasteiger partial charge is 0.303 e. The first-order valence-corrected chi connectivity index (χ1v) is 8.40. The lowest BCUT2D eigenvalue weighted by atomic mass is 10.1. The fourth-order valence-electron chi connectivity index (χ4n) is 1.49. The van der Waals surface area contributed by atoms with Gasteiger partial charge in [0, 0.05) is 8.07 Å². The average Bonchev–Trinajstić information content (AvgIpc) is 1.81. The summed E-state index contributed by atoms with van der Waals surface area (Å²) < 4.78 is 0. The molecule has 0 aromatic rings. The van der Waals surface area contributed by atoms with Crippen molar-refractivity contribution >= 4 is 14.0 Å². The van der Waals surface area contributed by atoms with Crippen LogP contribution in [-0.4, -0.2) is 19.1 Å². The maximum Gasteiger partial charge on any atom is 0.303 e. The Morgan fingerprint density at radius 2 is 2.00 bits per heavy atom. The second-order valence-corrected chi connectivity index (χ2v) is 10.2. The molecule has 0 aliphatic carbocycles. The van der Waals surface area contributed by atoms with Crippen LogP contribution in [0.25, 0.3) is 0 Å². The third-order valence-electron chi connectivity index (χ3n) is 1.78. The molecule has 0 saturated heterocycles. The molecule has 0 aromatic carbocycles. The van der Waals surface area contributed by atoms with Gasteiger partial charge in [-0.05, 0) is 12.8 Å². The van der Waals surface area contributed by atoms with Gasteiger partial charge < -0.3 is 5.11 Å². The molecule has 0 heterocycles. The first-order chi connectivity index (χ1) is 5.85. The molecule has 0 amide bonds. The number of hydrogen-bond donors (Lipinski definition) is 1. The number of allylic oxidation sites excluding steroid dienone is 2. The molecule has 0 aliphatic heterocycles. The van der Waals surface area contributed by atoms with Crippen LogP contribution in [0.5, 0.6) is 0 Å². The largest absolute Gasteiger partial charge is 0.481 e. The van der Waals surface area contributed by atoms with Gasteiger partial charge in [0.1, 0.15) is 0 Å². The first kappa shape index (κ1) is 12.4. The van der Waals surface area contributed by atoms with E-state index in [4.69, 9.17) is 5.11 Å². The van der Waals surface area contributed by atoms with Gasteiger partial charge in [0.25, 0.3) is 0 Å². The SMILES string of the molecule is C/C=C/[C@H](CC(=O)O)C[Si](C)(C)C. The lowest BCUT2D eigenvalue weighted by molar-refractivity contribution is -0.137. The lowest BCUT2D eigenvalue weighted by Crippen LogP contribution is -2.24. The van der Waals surface area contributed by atoms with E-state index in [1.54, 1.807) is 0 Å². The van der Waals surface area contributed by atoms with Crippen LogP contribution < -0.4 is 0 Å². The van der Waals surface area contributed by atoms with Crippen molar-refractivity contribution in [2.75, 3.05) is 0 Å². The van der Waals surface area contributed by atoms with E-state index in [0.29, 0.717) is 0 Å². The van der Waals surface area contributed by atoms with Crippen molar-refractivity contribution in [2.45, 2.75) is 39.0 Å². The molecule has 1 atom stereocenters. The quantitative estimate of drug-likeness (QED) is 0.547. The minimum absolute atomic E-state index is 0.231. The predicted molar refractivity (Wildman–Crippen MR) is 58.7 cm³/mol. The molecule has 0 radical (unpaired) electrons. The van der Waals surface area contributed by atoms with E-state index in [-0.39, 0.29) is 12.3 Å². The first-order valence-electron chi connectivity index (χ1n) is 4.70. The summed E-state index contributed by atoms with van der Waals surface area (Å²) in [5.74, 6) is -0.462. The van der Waals surface area contributed by atoms with Crippen molar-refractivity contribution in [1.29, 1.82) is 0 Å². The molecule has 0 saturated carbocycles. The van der Waals surface area contributed by atoms with E-state index < -0.39 is 14.0 Å². The van der Waals surface area contributed by atoms with Gasteiger partial charge in [-0.3, -0.25) is 4.79 Å². The van der Waals surface area contributed by atoms with Gasteiger partial charge in [0.15, 0.2) is 0 Å². The van der Waals surface area contributed by atoms with Crippen molar-refractivity contribution in [3.05, 3.63) is 12.2 Å². The van der Waals surface area contributed by atoms with Crippen LogP contribution in [0.4, 0.5) is 0 Å². The normalized spacial score (nSPS) is 14.8. The number of aliphatic carboxylic acids is 1. The monoisotopic (exact) mass is 200 g/mol. The van der Waals surface area contributed by atoms with Gasteiger partial charge >= 0.3 is 5.97 Å². The summed E-state index contributed by atoms with van der Waals surface area (Å²) in [5.41, 5.74) is 0. The summed E-state index contributed by atoms with van der Waals surface area (Å²) in [4.78, 5) is 10.6. The molecular formula is C10H20O2Si. The molecule has 76 valence electrons. The molecular weight excluding hydrogens is 180 g/mol. The molecule has 0 spiro atoms. The summed E-state index contributed by atoms with van der Waals surface area (Å²) in [7, 11) is -1.14. The van der Waals surface area contributed by atoms with Crippen LogP contribution >= 0.6 is 0 Å². The van der Waals surface area contributed by atoms with E-state index in [0.717, 1.165) is 6.04 Å². The summed E-state index contributed by atoms with van der Waals surface area (Å²) in [6.45, 7) is 8.75. The highest BCUT2D eigenvalue weighted by molar-refractivity contribution is 6.76. The highest BCUT2D eigenvalue weighted by Gasteiger charge is 2.20. The number of carboxylic acids is 1. The maximum atomic E-state index is 10.6. The zero-order valence-corrected chi connectivity index (χ0v) is 10.0. The van der Waals surface area contributed by atoms with Crippen molar-refractivity contribution in [2.24, 2.45) is 5.92 Å². The minimum atomic E-state index is -1.14. The Morgan fingerprint density at radius 1 is 1.46 bits per heavy atom. The van der Waals surface area contributed by atoms with E-state index >= 15 is 0 Å². The van der Waals surface area contributed by atoms with Crippen molar-refractivity contribution in [3.63, 3.8) is 0 Å². The Balaban J connectivity index is 4.18. The predicted octanol–water partition coefficient (Wildman–Crippen LogP) is 2.99. The third kappa shape index (κ3) is 7.78. The van der Waals surface area contributed by atoms with E-state index in [9.17, 15) is 4.79 Å². The number of carboxylic acid groups (broad SMARTS) is 1. The topological polar surface area (TPSA) is 37.3 Å². The molecule has 13 heavy (non-hydrogen) atoms. The van der Waals surface area contributed by atoms with Gasteiger partial charge in [-0.15, -0.1) is 0 Å². The molecule has 0 fully saturated rings. The van der Waals surface area contributed by atoms with Crippen LogP contribution in [-0.2, 0) is 4.79 Å². The average molecular weight is 200 g/mol. The number of rotatable bonds is 5. The number of hydrogen-bond acceptors (Lipinski definition) is 1. The van der Waals surface area contributed by atoms with Gasteiger partial charge in [-0.25, -0.2) is 0 Å². The van der Waals surface area contributed by atoms with Crippen LogP contribution in [0.2, 0.25) is 25.7 Å². The minimum Gasteiger partial charge on any atom is -0.481 e. The van der Waals surface area contributed by atoms with Crippen LogP contribution in [0.15, 0.2) is 12.2 Å². The van der Waals surface area contributed by atoms with Crippen LogP contribution in [0.3, 0.4) is 0 Å². The van der Waals surface area contributed by atoms with Gasteiger partial charge in [0.05, 0.1) is 6.42 Å². The highest BCUT2D eigenvalue weighted by Crippen LogP contribution is 2.20. The second kappa shape index (κ2) is 5.22. The summed E-state index contributed by atoms with van der Waals surface area (Å²) in [6.07, 6.45) is 4.24. The van der Waals surface area contributed by atoms with E-state index in [1.165, 1.54) is 0 Å². The van der Waals surface area contributed by atoms with Gasteiger partial charge in [-0.2, -0.15) is 0 Å². The molecule has 0 bridgehead atoms. The highest BCUT2D eigenvalue weighted by atomic mass is 28.3. The molecule has 1 N–H and O–H groups in total. The lowest BCUT2D eigenvalue weighted by Gasteiger charge is -2.20. The second-order valence-electron chi connectivity index (χ2n) is 4.65. The Morgan fingerprint density at radius 3 is 2.31 bits per heavy atom. The van der Waals surface area contributed by atoms with Crippen molar-refractivity contribution in [1.82, 2.24) is 0 Å². The van der Waals surface area contributed by atoms with E-state index in [1.807, 2.05) is 19.1 Å². The Labute approximate surface area is 81.7 Å². The maximum absolute atomic E-state index is 10.6. The van der Waals surface area contributed by atoms with Gasteiger partial charge in [-0.1, -0.05) is 37.8 Å². The summed E-state index contributed by atoms with van der Waals surface area (Å²) >= 11 is 0. The zero-order chi connectivity index (χ0) is 10.5. The Kier molecular flexibility index (Phi) is 4.99. The fourth-order valence-corrected chi connectivity index (χ4v) is 3.34. The molecule has 0 unspecified atom stereocenters. The summed E-state index contributed by atoms with van der Waals surface area (Å²) in [5, 5.41) is 8.69. The van der Waals surface area contributed by atoms with E-state index in [2.05, 4.69) is 19.6 Å². The number of carbonyl (C=O) groups is 1. The zero-order valence-electron chi connectivity index (χ0n) is 9.00.